The first kappa shape index (κ1) is 21.8. The highest BCUT2D eigenvalue weighted by atomic mass is 35.5. The van der Waals surface area contributed by atoms with Crippen molar-refractivity contribution in [2.24, 2.45) is 0 Å². The summed E-state index contributed by atoms with van der Waals surface area (Å²) in [6.07, 6.45) is 1.25. The summed E-state index contributed by atoms with van der Waals surface area (Å²) in [6, 6.07) is 8.59. The van der Waals surface area contributed by atoms with Gasteiger partial charge in [-0.1, -0.05) is 29.3 Å². The van der Waals surface area contributed by atoms with E-state index >= 15 is 0 Å². The number of urea groups is 1. The molecule has 1 aliphatic rings. The lowest BCUT2D eigenvalue weighted by atomic mass is 10.1. The van der Waals surface area contributed by atoms with E-state index in [2.05, 4.69) is 5.32 Å². The van der Waals surface area contributed by atoms with Crippen LogP contribution < -0.4 is 19.7 Å². The second kappa shape index (κ2) is 8.88. The number of carbonyl (C=O) groups excluding carboxylic acids is 3. The van der Waals surface area contributed by atoms with Gasteiger partial charge in [0.15, 0.2) is 18.1 Å². The number of hydrogen-bond donors (Lipinski definition) is 2. The van der Waals surface area contributed by atoms with Crippen molar-refractivity contribution in [1.82, 2.24) is 5.32 Å². The maximum Gasteiger partial charge on any atom is 0.341 e. The molecule has 1 aliphatic heterocycles. The Morgan fingerprint density at radius 2 is 1.87 bits per heavy atom. The zero-order valence-corrected chi connectivity index (χ0v) is 17.2. The molecule has 31 heavy (non-hydrogen) atoms. The molecule has 4 amide bonds. The number of nitrogens with one attached hydrogen (secondary N) is 1. The van der Waals surface area contributed by atoms with Gasteiger partial charge >= 0.3 is 12.0 Å². The van der Waals surface area contributed by atoms with Crippen molar-refractivity contribution in [3.63, 3.8) is 0 Å². The fourth-order valence-electron chi connectivity index (χ4n) is 2.85. The number of halogens is 1. The highest BCUT2D eigenvalue weighted by Gasteiger charge is 2.36. The third-order valence-corrected chi connectivity index (χ3v) is 4.58. The molecule has 2 N–H and O–H groups in total. The zero-order chi connectivity index (χ0) is 22.7. The molecule has 0 radical (unpaired) electrons. The molecule has 1 heterocycles. The Bertz CT molecular complexity index is 1110. The quantitative estimate of drug-likeness (QED) is 0.518. The number of methoxy groups -OCH3 is 1. The fourth-order valence-corrected chi connectivity index (χ4v) is 3.12. The van der Waals surface area contributed by atoms with E-state index in [1.807, 2.05) is 6.92 Å². The van der Waals surface area contributed by atoms with Crippen LogP contribution >= 0.6 is 11.6 Å². The molecule has 2 aromatic carbocycles. The lowest BCUT2D eigenvalue weighted by molar-refractivity contribution is -0.139. The van der Waals surface area contributed by atoms with Crippen molar-refractivity contribution < 1.29 is 33.8 Å². The van der Waals surface area contributed by atoms with Crippen LogP contribution in [0.2, 0.25) is 5.02 Å². The molecular formula is C21H17ClN2O7. The Labute approximate surface area is 181 Å². The summed E-state index contributed by atoms with van der Waals surface area (Å²) in [6.45, 7) is 1.22. The minimum Gasteiger partial charge on any atom is -0.493 e. The molecule has 0 aliphatic carbocycles. The van der Waals surface area contributed by atoms with Gasteiger partial charge in [0.2, 0.25) is 0 Å². The van der Waals surface area contributed by atoms with Crippen molar-refractivity contribution in [2.45, 2.75) is 6.92 Å². The third-order valence-electron chi connectivity index (χ3n) is 4.30. The second-order valence-electron chi connectivity index (χ2n) is 6.51. The topological polar surface area (TPSA) is 122 Å². The zero-order valence-electron chi connectivity index (χ0n) is 16.5. The molecule has 0 atom stereocenters. The number of benzene rings is 2. The van der Waals surface area contributed by atoms with Crippen LogP contribution in [0.15, 0.2) is 42.0 Å². The first-order valence-corrected chi connectivity index (χ1v) is 9.29. The van der Waals surface area contributed by atoms with E-state index < -0.39 is 30.4 Å². The van der Waals surface area contributed by atoms with E-state index in [9.17, 15) is 19.2 Å². The van der Waals surface area contributed by atoms with E-state index in [1.165, 1.54) is 25.3 Å². The van der Waals surface area contributed by atoms with Crippen LogP contribution in [0.5, 0.6) is 11.5 Å². The van der Waals surface area contributed by atoms with E-state index in [1.54, 1.807) is 24.3 Å². The highest BCUT2D eigenvalue weighted by Crippen LogP contribution is 2.37. The number of barbiturate groups is 1. The van der Waals surface area contributed by atoms with Gasteiger partial charge in [-0.15, -0.1) is 0 Å². The molecule has 0 unspecified atom stereocenters. The average Bonchev–Trinajstić information content (AvgIpc) is 2.71. The minimum atomic E-state index is -1.20. The summed E-state index contributed by atoms with van der Waals surface area (Å²) in [5.74, 6) is -2.76. The Balaban J connectivity index is 1.99. The summed E-state index contributed by atoms with van der Waals surface area (Å²) in [4.78, 5) is 49.1. The van der Waals surface area contributed by atoms with E-state index in [0.717, 1.165) is 10.5 Å². The van der Waals surface area contributed by atoms with Gasteiger partial charge in [0.25, 0.3) is 11.8 Å². The Morgan fingerprint density at radius 1 is 1.19 bits per heavy atom. The molecule has 0 bridgehead atoms. The van der Waals surface area contributed by atoms with Crippen molar-refractivity contribution in [3.8, 4) is 11.5 Å². The van der Waals surface area contributed by atoms with E-state index in [0.29, 0.717) is 11.3 Å². The molecule has 0 saturated carbocycles. The van der Waals surface area contributed by atoms with Gasteiger partial charge < -0.3 is 14.6 Å². The number of anilines is 1. The summed E-state index contributed by atoms with van der Waals surface area (Å²) in [7, 11) is 1.33. The maximum absolute atomic E-state index is 12.9. The summed E-state index contributed by atoms with van der Waals surface area (Å²) >= 11 is 6.17. The smallest absolute Gasteiger partial charge is 0.341 e. The van der Waals surface area contributed by atoms with Crippen LogP contribution in [-0.4, -0.2) is 42.6 Å². The molecular weight excluding hydrogens is 428 g/mol. The Hall–Kier alpha value is -3.85. The molecule has 3 rings (SSSR count). The molecule has 1 saturated heterocycles. The van der Waals surface area contributed by atoms with Crippen molar-refractivity contribution in [1.29, 1.82) is 0 Å². The molecule has 0 aromatic heterocycles. The van der Waals surface area contributed by atoms with Crippen LogP contribution in [0.3, 0.4) is 0 Å². The number of carbonyl (C=O) groups is 4. The fraction of sp³-hybridized carbons (Fsp3) is 0.143. The highest BCUT2D eigenvalue weighted by molar-refractivity contribution is 6.39. The number of carboxylic acid groups (broad SMARTS) is 1. The number of ether oxygens (including phenoxy) is 2. The SMILES string of the molecule is COc1cc(C=C2C(=O)NC(=O)N(c3ccc(C)cc3)C2=O)cc(Cl)c1OCC(=O)O. The Morgan fingerprint density at radius 3 is 2.48 bits per heavy atom. The third kappa shape index (κ3) is 4.67. The minimum absolute atomic E-state index is 0.00426. The molecule has 160 valence electrons. The normalized spacial score (nSPS) is 15.1. The standard InChI is InChI=1S/C21H17ClN2O7/c1-11-3-5-13(6-4-11)24-20(28)14(19(27)23-21(24)29)7-12-8-15(22)18(16(9-12)30-2)31-10-17(25)26/h3-9H,10H2,1-2H3,(H,25,26)(H,23,27,29). The number of imide groups is 2. The van der Waals surface area contributed by atoms with Gasteiger partial charge in [-0.2, -0.15) is 0 Å². The van der Waals surface area contributed by atoms with Crippen molar-refractivity contribution in [3.05, 3.63) is 58.1 Å². The van der Waals surface area contributed by atoms with E-state index in [-0.39, 0.29) is 22.1 Å². The van der Waals surface area contributed by atoms with Gasteiger partial charge in [0, 0.05) is 0 Å². The van der Waals surface area contributed by atoms with Crippen LogP contribution in [-0.2, 0) is 14.4 Å². The Kier molecular flexibility index (Phi) is 6.26. The lowest BCUT2D eigenvalue weighted by Gasteiger charge is -2.26. The number of rotatable bonds is 6. The molecule has 9 nitrogen and oxygen atoms in total. The van der Waals surface area contributed by atoms with Gasteiger partial charge in [0.1, 0.15) is 5.57 Å². The maximum atomic E-state index is 12.9. The number of carboxylic acids is 1. The molecule has 2 aromatic rings. The second-order valence-corrected chi connectivity index (χ2v) is 6.92. The predicted octanol–water partition coefficient (Wildman–Crippen LogP) is 2.79. The van der Waals surface area contributed by atoms with Crippen LogP contribution in [0.25, 0.3) is 6.08 Å². The van der Waals surface area contributed by atoms with Gasteiger partial charge in [-0.05, 0) is 42.8 Å². The number of aryl methyl sites for hydroxylation is 1. The summed E-state index contributed by atoms with van der Waals surface area (Å²) in [5, 5.41) is 10.9. The van der Waals surface area contributed by atoms with Gasteiger partial charge in [-0.3, -0.25) is 14.9 Å². The monoisotopic (exact) mass is 444 g/mol. The molecule has 0 spiro atoms. The van der Waals surface area contributed by atoms with Crippen LogP contribution in [0.1, 0.15) is 11.1 Å². The van der Waals surface area contributed by atoms with E-state index in [4.69, 9.17) is 26.2 Å². The van der Waals surface area contributed by atoms with Gasteiger partial charge in [-0.25, -0.2) is 14.5 Å². The first-order chi connectivity index (χ1) is 14.7. The van der Waals surface area contributed by atoms with Crippen molar-refractivity contribution in [2.75, 3.05) is 18.6 Å². The molecule has 1 fully saturated rings. The lowest BCUT2D eigenvalue weighted by Crippen LogP contribution is -2.54. The molecule has 10 heteroatoms. The summed E-state index contributed by atoms with van der Waals surface area (Å²) in [5.41, 5.74) is 1.26. The van der Waals surface area contributed by atoms with Crippen molar-refractivity contribution >= 4 is 47.2 Å². The summed E-state index contributed by atoms with van der Waals surface area (Å²) < 4.78 is 10.3. The predicted molar refractivity (Wildman–Crippen MR) is 111 cm³/mol. The van der Waals surface area contributed by atoms with Gasteiger partial charge in [0.05, 0.1) is 17.8 Å². The van der Waals surface area contributed by atoms with Crippen LogP contribution in [0, 0.1) is 6.92 Å². The number of hydrogen-bond acceptors (Lipinski definition) is 6. The average molecular weight is 445 g/mol. The number of amides is 4. The first-order valence-electron chi connectivity index (χ1n) is 8.91. The number of nitrogens with zero attached hydrogens (tertiary/aromatic N) is 1. The largest absolute Gasteiger partial charge is 0.493 e. The van der Waals surface area contributed by atoms with Crippen LogP contribution in [0.4, 0.5) is 10.5 Å². The number of aliphatic carboxylic acids is 1.